The third-order valence-electron chi connectivity index (χ3n) is 6.03. The monoisotopic (exact) mass is 492 g/mol. The van der Waals surface area contributed by atoms with Crippen LogP contribution in [0, 0.1) is 0 Å². The summed E-state index contributed by atoms with van der Waals surface area (Å²) in [5.41, 5.74) is 2.89. The van der Waals surface area contributed by atoms with E-state index in [-0.39, 0.29) is 26.4 Å². The van der Waals surface area contributed by atoms with Crippen molar-refractivity contribution < 1.29 is 33.6 Å². The lowest BCUT2D eigenvalue weighted by molar-refractivity contribution is -0.166. The third kappa shape index (κ3) is 7.22. The second-order valence-electron chi connectivity index (χ2n) is 8.58. The minimum absolute atomic E-state index is 0.275. The highest BCUT2D eigenvalue weighted by Gasteiger charge is 2.55. The molecule has 5 atom stereocenters. The zero-order valence-electron chi connectivity index (χ0n) is 20.3. The molecule has 3 aromatic rings. The van der Waals surface area contributed by atoms with Gasteiger partial charge < -0.3 is 28.8 Å². The summed E-state index contributed by atoms with van der Waals surface area (Å²) in [6.45, 7) is 0.542. The number of ether oxygens (including phenoxy) is 5. The van der Waals surface area contributed by atoms with Crippen LogP contribution < -0.4 is 0 Å². The fourth-order valence-electron chi connectivity index (χ4n) is 4.03. The Balaban J connectivity index is 1.56. The van der Waals surface area contributed by atoms with E-state index in [1.807, 2.05) is 91.0 Å². The minimum Gasteiger partial charge on any atom is -0.467 e. The van der Waals surface area contributed by atoms with E-state index in [2.05, 4.69) is 0 Å². The first kappa shape index (κ1) is 26.0. The molecule has 1 aliphatic heterocycles. The van der Waals surface area contributed by atoms with E-state index in [0.29, 0.717) is 0 Å². The van der Waals surface area contributed by atoms with Crippen LogP contribution in [0.15, 0.2) is 91.0 Å². The molecule has 0 radical (unpaired) electrons. The molecule has 0 unspecified atom stereocenters. The zero-order valence-corrected chi connectivity index (χ0v) is 20.3. The van der Waals surface area contributed by atoms with E-state index >= 15 is 0 Å². The molecule has 0 amide bonds. The Kier molecular flexibility index (Phi) is 9.61. The maximum atomic E-state index is 12.2. The number of aliphatic hydroxyl groups excluding tert-OH is 1. The summed E-state index contributed by atoms with van der Waals surface area (Å²) in [6, 6.07) is 29.1. The second kappa shape index (κ2) is 13.3. The van der Waals surface area contributed by atoms with E-state index in [4.69, 9.17) is 23.7 Å². The Labute approximate surface area is 211 Å². The molecule has 0 spiro atoms. The SMILES string of the molecule is COC(=O)[C@@H]1O[C@@H]1[C@H](OCc1ccccc1)[C@@H](OCc1ccccc1)[C@@H](CO)OCc1ccccc1. The molecule has 4 rings (SSSR count). The average Bonchev–Trinajstić information content (AvgIpc) is 3.73. The number of carbonyl (C=O) groups excluding carboxylic acids is 1. The quantitative estimate of drug-likeness (QED) is 0.271. The first-order valence-electron chi connectivity index (χ1n) is 12.0. The van der Waals surface area contributed by atoms with Gasteiger partial charge in [-0.15, -0.1) is 0 Å². The number of epoxide rings is 1. The van der Waals surface area contributed by atoms with E-state index in [1.54, 1.807) is 0 Å². The van der Waals surface area contributed by atoms with Crippen molar-refractivity contribution in [2.75, 3.05) is 13.7 Å². The number of hydrogen-bond donors (Lipinski definition) is 1. The van der Waals surface area contributed by atoms with Gasteiger partial charge in [0.25, 0.3) is 0 Å². The van der Waals surface area contributed by atoms with E-state index in [9.17, 15) is 9.90 Å². The topological polar surface area (TPSA) is 86.8 Å². The van der Waals surface area contributed by atoms with Crippen molar-refractivity contribution in [3.63, 3.8) is 0 Å². The molecule has 1 N–H and O–H groups in total. The minimum atomic E-state index is -0.757. The van der Waals surface area contributed by atoms with Crippen LogP contribution in [0.1, 0.15) is 16.7 Å². The van der Waals surface area contributed by atoms with Crippen LogP contribution >= 0.6 is 0 Å². The molecule has 0 aliphatic carbocycles. The number of carbonyl (C=O) groups is 1. The van der Waals surface area contributed by atoms with Crippen molar-refractivity contribution >= 4 is 5.97 Å². The number of hydrogen-bond acceptors (Lipinski definition) is 7. The average molecular weight is 493 g/mol. The highest BCUT2D eigenvalue weighted by Crippen LogP contribution is 2.33. The van der Waals surface area contributed by atoms with Gasteiger partial charge in [-0.25, -0.2) is 4.79 Å². The van der Waals surface area contributed by atoms with Gasteiger partial charge >= 0.3 is 5.97 Å². The predicted molar refractivity (Wildman–Crippen MR) is 133 cm³/mol. The zero-order chi connectivity index (χ0) is 25.2. The Morgan fingerprint density at radius 2 is 1.25 bits per heavy atom. The van der Waals surface area contributed by atoms with Crippen LogP contribution in [-0.2, 0) is 48.3 Å². The highest BCUT2D eigenvalue weighted by molar-refractivity contribution is 5.78. The fraction of sp³-hybridized carbons (Fsp3) is 0.345. The van der Waals surface area contributed by atoms with Gasteiger partial charge in [-0.1, -0.05) is 91.0 Å². The maximum Gasteiger partial charge on any atom is 0.337 e. The van der Waals surface area contributed by atoms with Crippen molar-refractivity contribution in [1.29, 1.82) is 0 Å². The molecule has 1 saturated heterocycles. The number of benzene rings is 3. The van der Waals surface area contributed by atoms with Gasteiger partial charge in [-0.05, 0) is 16.7 Å². The summed E-state index contributed by atoms with van der Waals surface area (Å²) in [7, 11) is 1.32. The van der Waals surface area contributed by atoms with Crippen LogP contribution in [0.4, 0.5) is 0 Å². The standard InChI is InChI=1S/C29H32O7/c1-32-29(31)28-27(36-28)26(35-20-23-15-9-4-10-16-23)25(34-19-22-13-7-3-8-14-22)24(17-30)33-18-21-11-5-2-6-12-21/h2-16,24-28,30H,17-20H2,1H3/t24-,25+,26-,27-,28-/m1/s1. The first-order valence-corrected chi connectivity index (χ1v) is 12.0. The van der Waals surface area contributed by atoms with Crippen molar-refractivity contribution in [3.05, 3.63) is 108 Å². The van der Waals surface area contributed by atoms with Crippen molar-refractivity contribution in [3.8, 4) is 0 Å². The van der Waals surface area contributed by atoms with Gasteiger partial charge in [0.2, 0.25) is 0 Å². The molecule has 1 aliphatic rings. The molecule has 190 valence electrons. The van der Waals surface area contributed by atoms with Gasteiger partial charge in [-0.2, -0.15) is 0 Å². The summed E-state index contributed by atoms with van der Waals surface area (Å²) < 4.78 is 29.4. The number of rotatable bonds is 14. The van der Waals surface area contributed by atoms with E-state index in [0.717, 1.165) is 16.7 Å². The van der Waals surface area contributed by atoms with Crippen LogP contribution in [0.3, 0.4) is 0 Å². The number of methoxy groups -OCH3 is 1. The van der Waals surface area contributed by atoms with Crippen LogP contribution in [-0.4, -0.2) is 55.3 Å². The third-order valence-corrected chi connectivity index (χ3v) is 6.03. The Morgan fingerprint density at radius 1 is 0.778 bits per heavy atom. The molecule has 7 heteroatoms. The van der Waals surface area contributed by atoms with E-state index in [1.165, 1.54) is 7.11 Å². The van der Waals surface area contributed by atoms with Gasteiger partial charge in [0.15, 0.2) is 6.10 Å². The Morgan fingerprint density at radius 3 is 1.72 bits per heavy atom. The van der Waals surface area contributed by atoms with Crippen LogP contribution in [0.2, 0.25) is 0 Å². The van der Waals surface area contributed by atoms with Crippen molar-refractivity contribution in [2.45, 2.75) is 50.3 Å². The van der Waals surface area contributed by atoms with Crippen molar-refractivity contribution in [1.82, 2.24) is 0 Å². The molecule has 3 aromatic carbocycles. The number of aliphatic hydroxyl groups is 1. The van der Waals surface area contributed by atoms with Gasteiger partial charge in [-0.3, -0.25) is 0 Å². The summed E-state index contributed by atoms with van der Waals surface area (Å²) in [4.78, 5) is 12.2. The second-order valence-corrected chi connectivity index (χ2v) is 8.58. The van der Waals surface area contributed by atoms with E-state index < -0.39 is 36.5 Å². The molecule has 0 aromatic heterocycles. The molecule has 1 fully saturated rings. The Hall–Kier alpha value is -3.07. The molecule has 1 heterocycles. The van der Waals surface area contributed by atoms with Gasteiger partial charge in [0, 0.05) is 0 Å². The lowest BCUT2D eigenvalue weighted by atomic mass is 10.0. The maximum absolute atomic E-state index is 12.2. The predicted octanol–water partition coefficient (Wildman–Crippen LogP) is 3.68. The van der Waals surface area contributed by atoms with Gasteiger partial charge in [0.1, 0.15) is 24.4 Å². The van der Waals surface area contributed by atoms with Crippen molar-refractivity contribution in [2.24, 2.45) is 0 Å². The molecular weight excluding hydrogens is 460 g/mol. The first-order chi connectivity index (χ1) is 17.7. The molecule has 36 heavy (non-hydrogen) atoms. The highest BCUT2D eigenvalue weighted by atomic mass is 16.7. The fourth-order valence-corrected chi connectivity index (χ4v) is 4.03. The van der Waals surface area contributed by atoms with Crippen LogP contribution in [0.5, 0.6) is 0 Å². The molecular formula is C29H32O7. The summed E-state index contributed by atoms with van der Waals surface area (Å²) in [6.07, 6.45) is -3.48. The van der Waals surface area contributed by atoms with Crippen LogP contribution in [0.25, 0.3) is 0 Å². The largest absolute Gasteiger partial charge is 0.467 e. The lowest BCUT2D eigenvalue weighted by Gasteiger charge is -2.32. The molecule has 0 saturated carbocycles. The normalized spacial score (nSPS) is 19.3. The number of esters is 1. The molecule has 0 bridgehead atoms. The molecule has 7 nitrogen and oxygen atoms in total. The lowest BCUT2D eigenvalue weighted by Crippen LogP contribution is -2.48. The summed E-state index contributed by atoms with van der Waals surface area (Å²) in [5, 5.41) is 10.3. The van der Waals surface area contributed by atoms with Gasteiger partial charge in [0.05, 0.1) is 33.5 Å². The summed E-state index contributed by atoms with van der Waals surface area (Å²) >= 11 is 0. The smallest absolute Gasteiger partial charge is 0.337 e. The Bertz CT molecular complexity index is 1040. The summed E-state index contributed by atoms with van der Waals surface area (Å²) in [5.74, 6) is -0.471.